The Morgan fingerprint density at radius 2 is 2.00 bits per heavy atom. The summed E-state index contributed by atoms with van der Waals surface area (Å²) in [5.74, 6) is -0.583. The Hall–Kier alpha value is -2.99. The number of halogens is 2. The Kier molecular flexibility index (Phi) is 4.96. The molecule has 1 aliphatic rings. The highest BCUT2D eigenvalue weighted by molar-refractivity contribution is 6.30. The van der Waals surface area contributed by atoms with Gasteiger partial charge in [0.15, 0.2) is 0 Å². The SMILES string of the molecule is C=CC(=O)N1[C@H](C)c2c(-c3ccncc3)c(-c3ccc(Cl)cc3F)nn2C[C@@H]1C. The highest BCUT2D eigenvalue weighted by Crippen LogP contribution is 2.42. The molecule has 5 nitrogen and oxygen atoms in total. The van der Waals surface area contributed by atoms with Crippen LogP contribution in [0.2, 0.25) is 5.02 Å². The quantitative estimate of drug-likeness (QED) is 0.578. The monoisotopic (exact) mass is 410 g/mol. The van der Waals surface area contributed by atoms with Crippen LogP contribution in [0.3, 0.4) is 0 Å². The van der Waals surface area contributed by atoms with Gasteiger partial charge in [0.2, 0.25) is 5.91 Å². The van der Waals surface area contributed by atoms with Gasteiger partial charge in [-0.1, -0.05) is 18.2 Å². The minimum atomic E-state index is -0.442. The maximum absolute atomic E-state index is 14.8. The van der Waals surface area contributed by atoms with Crippen LogP contribution in [0.15, 0.2) is 55.4 Å². The molecule has 29 heavy (non-hydrogen) atoms. The standard InChI is InChI=1S/C22H20ClFN4O/c1-4-19(29)28-13(2)12-27-22(14(28)3)20(15-7-9-25-10-8-15)21(26-27)17-6-5-16(23)11-18(17)24/h4-11,13-14H,1,12H2,2-3H3/t13-,14+/m0/s1. The van der Waals surface area contributed by atoms with Crippen molar-refractivity contribution < 1.29 is 9.18 Å². The van der Waals surface area contributed by atoms with Crippen molar-refractivity contribution in [2.45, 2.75) is 32.5 Å². The summed E-state index contributed by atoms with van der Waals surface area (Å²) in [6, 6.07) is 7.95. The number of amides is 1. The van der Waals surface area contributed by atoms with Gasteiger partial charge < -0.3 is 4.90 Å². The maximum Gasteiger partial charge on any atom is 0.246 e. The first-order valence-corrected chi connectivity index (χ1v) is 9.71. The molecule has 1 amide bonds. The van der Waals surface area contributed by atoms with Crippen molar-refractivity contribution in [3.63, 3.8) is 0 Å². The largest absolute Gasteiger partial charge is 0.326 e. The van der Waals surface area contributed by atoms with Gasteiger partial charge >= 0.3 is 0 Å². The van der Waals surface area contributed by atoms with Crippen LogP contribution in [-0.2, 0) is 11.3 Å². The second-order valence-electron chi connectivity index (χ2n) is 7.13. The van der Waals surface area contributed by atoms with E-state index in [1.807, 2.05) is 30.7 Å². The van der Waals surface area contributed by atoms with E-state index in [1.54, 1.807) is 29.4 Å². The van der Waals surface area contributed by atoms with Gasteiger partial charge in [-0.3, -0.25) is 14.5 Å². The van der Waals surface area contributed by atoms with Gasteiger partial charge in [-0.05, 0) is 55.8 Å². The molecular weight excluding hydrogens is 391 g/mol. The van der Waals surface area contributed by atoms with Crippen molar-refractivity contribution >= 4 is 17.5 Å². The molecule has 2 aromatic heterocycles. The van der Waals surface area contributed by atoms with Gasteiger partial charge in [0, 0.05) is 34.6 Å². The number of nitrogens with zero attached hydrogens (tertiary/aromatic N) is 4. The van der Waals surface area contributed by atoms with Crippen LogP contribution in [0.4, 0.5) is 4.39 Å². The van der Waals surface area contributed by atoms with Crippen LogP contribution < -0.4 is 0 Å². The summed E-state index contributed by atoms with van der Waals surface area (Å²) in [6.45, 7) is 8.06. The molecule has 2 atom stereocenters. The molecule has 0 radical (unpaired) electrons. The average molecular weight is 411 g/mol. The van der Waals surface area contributed by atoms with Gasteiger partial charge in [0.25, 0.3) is 0 Å². The highest BCUT2D eigenvalue weighted by atomic mass is 35.5. The molecule has 7 heteroatoms. The topological polar surface area (TPSA) is 51.0 Å². The fourth-order valence-corrected chi connectivity index (χ4v) is 4.24. The molecule has 0 spiro atoms. The second kappa shape index (κ2) is 7.44. The number of hydrogen-bond acceptors (Lipinski definition) is 3. The third-order valence-electron chi connectivity index (χ3n) is 5.30. The number of rotatable bonds is 3. The van der Waals surface area contributed by atoms with Crippen molar-refractivity contribution in [1.82, 2.24) is 19.7 Å². The van der Waals surface area contributed by atoms with Gasteiger partial charge in [0.1, 0.15) is 11.5 Å². The molecule has 3 heterocycles. The summed E-state index contributed by atoms with van der Waals surface area (Å²) in [5, 5.41) is 5.08. The lowest BCUT2D eigenvalue weighted by atomic mass is 9.94. The molecule has 4 rings (SSSR count). The van der Waals surface area contributed by atoms with Crippen LogP contribution in [0.25, 0.3) is 22.4 Å². The molecule has 0 bridgehead atoms. The van der Waals surface area contributed by atoms with E-state index >= 15 is 0 Å². The van der Waals surface area contributed by atoms with Gasteiger partial charge in [0.05, 0.1) is 18.3 Å². The molecule has 0 aliphatic carbocycles. The van der Waals surface area contributed by atoms with Crippen molar-refractivity contribution in [2.75, 3.05) is 0 Å². The fourth-order valence-electron chi connectivity index (χ4n) is 4.08. The molecule has 0 N–H and O–H groups in total. The van der Waals surface area contributed by atoms with Gasteiger partial charge in [-0.25, -0.2) is 4.39 Å². The lowest BCUT2D eigenvalue weighted by Gasteiger charge is -2.39. The number of fused-ring (bicyclic) bond motifs is 1. The summed E-state index contributed by atoms with van der Waals surface area (Å²) in [6.07, 6.45) is 4.69. The molecule has 3 aromatic rings. The summed E-state index contributed by atoms with van der Waals surface area (Å²) in [5.41, 5.74) is 3.39. The highest BCUT2D eigenvalue weighted by Gasteiger charge is 2.36. The van der Waals surface area contributed by atoms with Crippen molar-refractivity contribution in [1.29, 1.82) is 0 Å². The Morgan fingerprint density at radius 3 is 2.66 bits per heavy atom. The van der Waals surface area contributed by atoms with E-state index in [-0.39, 0.29) is 18.0 Å². The first-order chi connectivity index (χ1) is 13.9. The predicted octanol–water partition coefficient (Wildman–Crippen LogP) is 4.88. The lowest BCUT2D eigenvalue weighted by Crippen LogP contribution is -2.46. The van der Waals surface area contributed by atoms with Crippen LogP contribution in [0.5, 0.6) is 0 Å². The number of benzene rings is 1. The zero-order valence-corrected chi connectivity index (χ0v) is 16.9. The van der Waals surface area contributed by atoms with E-state index in [4.69, 9.17) is 16.7 Å². The van der Waals surface area contributed by atoms with E-state index in [9.17, 15) is 9.18 Å². The summed E-state index contributed by atoms with van der Waals surface area (Å²) >= 11 is 5.95. The second-order valence-corrected chi connectivity index (χ2v) is 7.56. The van der Waals surface area contributed by atoms with E-state index < -0.39 is 5.82 Å². The first kappa shape index (κ1) is 19.3. The lowest BCUT2D eigenvalue weighted by molar-refractivity contribution is -0.131. The van der Waals surface area contributed by atoms with Crippen LogP contribution in [0.1, 0.15) is 25.6 Å². The molecule has 1 aliphatic heterocycles. The number of carbonyl (C=O) groups is 1. The molecular formula is C22H20ClFN4O. The van der Waals surface area contributed by atoms with E-state index in [0.717, 1.165) is 16.8 Å². The molecule has 0 unspecified atom stereocenters. The average Bonchev–Trinajstić information content (AvgIpc) is 3.07. The Balaban J connectivity index is 1.99. The van der Waals surface area contributed by atoms with E-state index in [2.05, 4.69) is 11.6 Å². The summed E-state index contributed by atoms with van der Waals surface area (Å²) < 4.78 is 16.7. The summed E-state index contributed by atoms with van der Waals surface area (Å²) in [4.78, 5) is 18.4. The Morgan fingerprint density at radius 1 is 1.28 bits per heavy atom. The minimum absolute atomic E-state index is 0.0731. The van der Waals surface area contributed by atoms with E-state index in [1.165, 1.54) is 12.1 Å². The normalized spacial score (nSPS) is 18.4. The minimum Gasteiger partial charge on any atom is -0.326 e. The fraction of sp³-hybridized carbons (Fsp3) is 0.227. The molecule has 0 saturated carbocycles. The van der Waals surface area contributed by atoms with Crippen molar-refractivity contribution in [3.8, 4) is 22.4 Å². The summed E-state index contributed by atoms with van der Waals surface area (Å²) in [7, 11) is 0. The zero-order chi connectivity index (χ0) is 20.7. The van der Waals surface area contributed by atoms with Gasteiger partial charge in [-0.15, -0.1) is 0 Å². The number of carbonyl (C=O) groups excluding carboxylic acids is 1. The van der Waals surface area contributed by atoms with Gasteiger partial charge in [-0.2, -0.15) is 5.10 Å². The molecule has 0 saturated heterocycles. The maximum atomic E-state index is 14.8. The number of aromatic nitrogens is 3. The molecule has 1 aromatic carbocycles. The zero-order valence-electron chi connectivity index (χ0n) is 16.1. The third kappa shape index (κ3) is 3.23. The van der Waals surface area contributed by atoms with E-state index in [0.29, 0.717) is 22.8 Å². The first-order valence-electron chi connectivity index (χ1n) is 9.33. The number of hydrogen-bond donors (Lipinski definition) is 0. The predicted molar refractivity (Wildman–Crippen MR) is 111 cm³/mol. The van der Waals surface area contributed by atoms with Crippen LogP contribution >= 0.6 is 11.6 Å². The Bertz CT molecular complexity index is 1100. The van der Waals surface area contributed by atoms with Crippen molar-refractivity contribution in [3.05, 3.63) is 71.9 Å². The molecule has 148 valence electrons. The third-order valence-corrected chi connectivity index (χ3v) is 5.54. The molecule has 0 fully saturated rings. The Labute approximate surface area is 173 Å². The smallest absolute Gasteiger partial charge is 0.246 e. The number of pyridine rings is 1. The van der Waals surface area contributed by atoms with Crippen molar-refractivity contribution in [2.24, 2.45) is 0 Å². The van der Waals surface area contributed by atoms with Crippen LogP contribution in [-0.4, -0.2) is 31.6 Å². The van der Waals surface area contributed by atoms with Crippen LogP contribution in [0, 0.1) is 5.82 Å².